The first-order valence-electron chi connectivity index (χ1n) is 7.71. The predicted octanol–water partition coefficient (Wildman–Crippen LogP) is 4.79. The molecule has 1 aliphatic rings. The number of rotatable bonds is 4. The van der Waals surface area contributed by atoms with E-state index in [4.69, 9.17) is 8.83 Å². The number of nitrogens with one attached hydrogen (secondary N) is 1. The minimum absolute atomic E-state index is 0.0632. The van der Waals surface area contributed by atoms with E-state index >= 15 is 0 Å². The molecule has 6 heteroatoms. The average molecular weight is 328 g/mol. The maximum absolute atomic E-state index is 12.3. The monoisotopic (exact) mass is 328 g/mol. The van der Waals surface area contributed by atoms with Crippen LogP contribution in [0.3, 0.4) is 0 Å². The second-order valence-electron chi connectivity index (χ2n) is 5.62. The molecule has 0 bridgehead atoms. The normalized spacial score (nSPS) is 15.1. The van der Waals surface area contributed by atoms with Crippen molar-refractivity contribution in [2.24, 2.45) is 5.92 Å². The van der Waals surface area contributed by atoms with Gasteiger partial charge in [-0.25, -0.2) is 4.98 Å². The Labute approximate surface area is 137 Å². The molecule has 1 aliphatic carbocycles. The van der Waals surface area contributed by atoms with Crippen molar-refractivity contribution in [3.8, 4) is 22.1 Å². The molecule has 118 valence electrons. The van der Waals surface area contributed by atoms with E-state index in [0.29, 0.717) is 16.6 Å². The van der Waals surface area contributed by atoms with Crippen molar-refractivity contribution >= 4 is 22.4 Å². The fourth-order valence-electron chi connectivity index (χ4n) is 2.92. The zero-order chi connectivity index (χ0) is 15.6. The highest BCUT2D eigenvalue weighted by Gasteiger charge is 2.25. The van der Waals surface area contributed by atoms with Gasteiger partial charge in [-0.05, 0) is 37.1 Å². The summed E-state index contributed by atoms with van der Waals surface area (Å²) in [5.74, 6) is 1.55. The number of nitrogens with zero attached hydrogens (tertiary/aromatic N) is 1. The van der Waals surface area contributed by atoms with Gasteiger partial charge < -0.3 is 14.2 Å². The third kappa shape index (κ3) is 2.82. The summed E-state index contributed by atoms with van der Waals surface area (Å²) in [5, 5.41) is 3.54. The molecule has 1 N–H and O–H groups in total. The summed E-state index contributed by atoms with van der Waals surface area (Å²) in [6.07, 6.45) is 7.42. The molecule has 0 radical (unpaired) electrons. The summed E-state index contributed by atoms with van der Waals surface area (Å²) in [4.78, 5) is 17.7. The highest BCUT2D eigenvalue weighted by atomic mass is 32.1. The lowest BCUT2D eigenvalue weighted by atomic mass is 10.1. The van der Waals surface area contributed by atoms with E-state index in [1.165, 1.54) is 11.3 Å². The van der Waals surface area contributed by atoms with Crippen LogP contribution in [0.25, 0.3) is 22.1 Å². The van der Waals surface area contributed by atoms with Crippen LogP contribution < -0.4 is 5.32 Å². The molecular weight excluding hydrogens is 312 g/mol. The van der Waals surface area contributed by atoms with Crippen LogP contribution in [0.15, 0.2) is 45.6 Å². The zero-order valence-corrected chi connectivity index (χ0v) is 13.3. The predicted molar refractivity (Wildman–Crippen MR) is 88.1 cm³/mol. The minimum Gasteiger partial charge on any atom is -0.463 e. The van der Waals surface area contributed by atoms with Gasteiger partial charge in [0.1, 0.15) is 16.3 Å². The van der Waals surface area contributed by atoms with Gasteiger partial charge in [-0.15, -0.1) is 0 Å². The summed E-state index contributed by atoms with van der Waals surface area (Å²) < 4.78 is 11.0. The van der Waals surface area contributed by atoms with E-state index in [2.05, 4.69) is 10.3 Å². The quantitative estimate of drug-likeness (QED) is 0.747. The molecule has 1 fully saturated rings. The van der Waals surface area contributed by atoms with Crippen LogP contribution in [0.4, 0.5) is 5.13 Å². The maximum Gasteiger partial charge on any atom is 0.229 e. The molecule has 0 atom stereocenters. The Kier molecular flexibility index (Phi) is 3.75. The van der Waals surface area contributed by atoms with E-state index in [1.54, 1.807) is 12.5 Å². The number of amides is 1. The van der Waals surface area contributed by atoms with Crippen LogP contribution in [0.5, 0.6) is 0 Å². The first-order chi connectivity index (χ1) is 11.3. The zero-order valence-electron chi connectivity index (χ0n) is 12.5. The van der Waals surface area contributed by atoms with Crippen LogP contribution in [-0.2, 0) is 4.79 Å². The summed E-state index contributed by atoms with van der Waals surface area (Å²) in [7, 11) is 0. The number of aromatic nitrogens is 1. The van der Waals surface area contributed by atoms with Gasteiger partial charge in [0, 0.05) is 5.92 Å². The number of hydrogen-bond acceptors (Lipinski definition) is 5. The van der Waals surface area contributed by atoms with Crippen molar-refractivity contribution in [2.75, 3.05) is 5.32 Å². The first kappa shape index (κ1) is 14.3. The number of furan rings is 2. The maximum atomic E-state index is 12.3. The van der Waals surface area contributed by atoms with Crippen molar-refractivity contribution in [1.29, 1.82) is 0 Å². The first-order valence-corrected chi connectivity index (χ1v) is 8.52. The van der Waals surface area contributed by atoms with Crippen LogP contribution in [-0.4, -0.2) is 10.9 Å². The van der Waals surface area contributed by atoms with Crippen molar-refractivity contribution in [3.63, 3.8) is 0 Å². The van der Waals surface area contributed by atoms with Crippen LogP contribution >= 0.6 is 11.3 Å². The van der Waals surface area contributed by atoms with Gasteiger partial charge in [0.2, 0.25) is 5.91 Å². The molecule has 23 heavy (non-hydrogen) atoms. The highest BCUT2D eigenvalue weighted by molar-refractivity contribution is 7.19. The van der Waals surface area contributed by atoms with Crippen molar-refractivity contribution < 1.29 is 13.6 Å². The third-order valence-electron chi connectivity index (χ3n) is 4.08. The molecule has 3 heterocycles. The molecule has 5 nitrogen and oxygen atoms in total. The van der Waals surface area contributed by atoms with E-state index in [9.17, 15) is 4.79 Å². The lowest BCUT2D eigenvalue weighted by Gasteiger charge is -2.07. The van der Waals surface area contributed by atoms with Gasteiger partial charge in [0.05, 0.1) is 12.5 Å². The topological polar surface area (TPSA) is 68.3 Å². The van der Waals surface area contributed by atoms with Crippen molar-refractivity contribution in [1.82, 2.24) is 4.98 Å². The van der Waals surface area contributed by atoms with E-state index in [0.717, 1.165) is 36.3 Å². The van der Waals surface area contributed by atoms with Crippen molar-refractivity contribution in [2.45, 2.75) is 25.7 Å². The Hall–Kier alpha value is -2.34. The number of hydrogen-bond donors (Lipinski definition) is 1. The molecule has 0 unspecified atom stereocenters. The molecule has 0 spiro atoms. The fourth-order valence-corrected chi connectivity index (χ4v) is 3.87. The van der Waals surface area contributed by atoms with E-state index in [-0.39, 0.29) is 11.8 Å². The minimum atomic E-state index is 0.0632. The molecule has 3 aromatic rings. The third-order valence-corrected chi connectivity index (χ3v) is 5.07. The highest BCUT2D eigenvalue weighted by Crippen LogP contribution is 2.39. The van der Waals surface area contributed by atoms with Gasteiger partial charge >= 0.3 is 0 Å². The molecule has 1 amide bonds. The van der Waals surface area contributed by atoms with Crippen LogP contribution in [0.2, 0.25) is 0 Å². The lowest BCUT2D eigenvalue weighted by Crippen LogP contribution is -2.20. The number of carbonyl (C=O) groups excluding carboxylic acids is 1. The Morgan fingerprint density at radius 1 is 1.13 bits per heavy atom. The largest absolute Gasteiger partial charge is 0.463 e. The second kappa shape index (κ2) is 6.04. The number of carbonyl (C=O) groups is 1. The summed E-state index contributed by atoms with van der Waals surface area (Å²) in [5.41, 5.74) is 0.691. The Morgan fingerprint density at radius 2 is 1.83 bits per heavy atom. The van der Waals surface area contributed by atoms with Gasteiger partial charge in [-0.2, -0.15) is 0 Å². The van der Waals surface area contributed by atoms with E-state index < -0.39 is 0 Å². The molecule has 3 aromatic heterocycles. The van der Waals surface area contributed by atoms with Crippen LogP contribution in [0.1, 0.15) is 25.7 Å². The molecular formula is C17H16N2O3S. The van der Waals surface area contributed by atoms with Crippen LogP contribution in [0, 0.1) is 5.92 Å². The van der Waals surface area contributed by atoms with Crippen molar-refractivity contribution in [3.05, 3.63) is 36.8 Å². The number of thiazole rings is 1. The Bertz CT molecular complexity index is 732. The molecule has 0 saturated heterocycles. The Morgan fingerprint density at radius 3 is 2.48 bits per heavy atom. The van der Waals surface area contributed by atoms with Gasteiger partial charge in [0.25, 0.3) is 0 Å². The van der Waals surface area contributed by atoms with Gasteiger partial charge in [0.15, 0.2) is 10.9 Å². The smallest absolute Gasteiger partial charge is 0.229 e. The Balaban J connectivity index is 1.66. The molecule has 1 saturated carbocycles. The summed E-state index contributed by atoms with van der Waals surface area (Å²) in [6.45, 7) is 0. The second-order valence-corrected chi connectivity index (χ2v) is 6.62. The summed E-state index contributed by atoms with van der Waals surface area (Å²) >= 11 is 1.41. The fraction of sp³-hybridized carbons (Fsp3) is 0.294. The number of anilines is 1. The average Bonchev–Trinajstić information content (AvgIpc) is 3.30. The molecule has 4 rings (SSSR count). The van der Waals surface area contributed by atoms with Gasteiger partial charge in [-0.1, -0.05) is 24.2 Å². The summed E-state index contributed by atoms with van der Waals surface area (Å²) in [6, 6.07) is 7.38. The molecule has 0 aromatic carbocycles. The van der Waals surface area contributed by atoms with Gasteiger partial charge in [-0.3, -0.25) is 4.79 Å². The van der Waals surface area contributed by atoms with E-state index in [1.807, 2.05) is 24.3 Å². The SMILES string of the molecule is O=C(Nc1nc(-c2ccco2)c(-c2ccco2)s1)C1CCCC1. The standard InChI is InChI=1S/C17H16N2O3S/c20-16(11-5-1-2-6-11)19-17-18-14(12-7-3-9-21-12)15(23-17)13-8-4-10-22-13/h3-4,7-11H,1-2,5-6H2,(H,18,19,20). The lowest BCUT2D eigenvalue weighted by molar-refractivity contribution is -0.119. The molecule has 0 aliphatic heterocycles.